The zero-order valence-electron chi connectivity index (χ0n) is 17.2. The third kappa shape index (κ3) is 13.2. The lowest BCUT2D eigenvalue weighted by Crippen LogP contribution is -2.50. The van der Waals surface area contributed by atoms with Gasteiger partial charge in [0.2, 0.25) is 13.8 Å². The molecular formula is C14H27B4N5O7. The van der Waals surface area contributed by atoms with Crippen LogP contribution >= 0.6 is 0 Å². The minimum absolute atomic E-state index is 0.0118. The summed E-state index contributed by atoms with van der Waals surface area (Å²) in [6.45, 7) is 3.35. The summed E-state index contributed by atoms with van der Waals surface area (Å²) in [7, 11) is 8.43. The van der Waals surface area contributed by atoms with E-state index in [-0.39, 0.29) is 39.3 Å². The number of rotatable bonds is 15. The smallest absolute Gasteiger partial charge is 0.374 e. The SMILES string of the molecule is [B]C(=O)NCCN(CCN(CCNB(C)O)C([B])=O)C(=O)C[C@H](NB(C)O)C(=O)O. The molecule has 0 aliphatic heterocycles. The summed E-state index contributed by atoms with van der Waals surface area (Å²) in [5.74, 6) is -3.41. The van der Waals surface area contributed by atoms with Crippen molar-refractivity contribution >= 4 is 53.3 Å². The molecule has 0 aliphatic carbocycles. The van der Waals surface area contributed by atoms with Crippen LogP contribution in [0.25, 0.3) is 0 Å². The molecule has 0 aromatic rings. The molecule has 4 radical (unpaired) electrons. The Hall–Kier alpha value is -2.02. The van der Waals surface area contributed by atoms with E-state index in [1.807, 2.05) is 0 Å². The van der Waals surface area contributed by atoms with Crippen LogP contribution in [0.15, 0.2) is 0 Å². The average molecular weight is 421 g/mol. The van der Waals surface area contributed by atoms with Crippen molar-refractivity contribution in [3.05, 3.63) is 0 Å². The van der Waals surface area contributed by atoms with Gasteiger partial charge in [-0.15, -0.1) is 0 Å². The number of carboxylic acid groups (broad SMARTS) is 1. The molecule has 30 heavy (non-hydrogen) atoms. The molecule has 12 nitrogen and oxygen atoms in total. The van der Waals surface area contributed by atoms with Gasteiger partial charge in [0.15, 0.2) is 19.5 Å². The van der Waals surface area contributed by atoms with E-state index in [1.54, 1.807) is 0 Å². The molecule has 0 aromatic carbocycles. The van der Waals surface area contributed by atoms with Gasteiger partial charge in [0, 0.05) is 39.3 Å². The first-order chi connectivity index (χ1) is 13.9. The maximum Gasteiger partial charge on any atom is 0.374 e. The fraction of sp³-hybridized carbons (Fsp3) is 0.714. The van der Waals surface area contributed by atoms with E-state index < -0.39 is 50.1 Å². The molecule has 6 N–H and O–H groups in total. The molecular weight excluding hydrogens is 393 g/mol. The fourth-order valence-electron chi connectivity index (χ4n) is 2.47. The first-order valence-electron chi connectivity index (χ1n) is 9.37. The minimum atomic E-state index is -1.33. The second kappa shape index (κ2) is 14.9. The van der Waals surface area contributed by atoms with Crippen LogP contribution in [0.3, 0.4) is 0 Å². The van der Waals surface area contributed by atoms with E-state index in [9.17, 15) is 34.3 Å². The first-order valence-corrected chi connectivity index (χ1v) is 9.37. The summed E-state index contributed by atoms with van der Waals surface area (Å²) in [6.07, 6.45) is -0.461. The topological polar surface area (TPSA) is 172 Å². The first kappa shape index (κ1) is 28.0. The van der Waals surface area contributed by atoms with Gasteiger partial charge in [-0.2, -0.15) is 0 Å². The lowest BCUT2D eigenvalue weighted by atomic mass is 9.86. The van der Waals surface area contributed by atoms with Crippen molar-refractivity contribution in [3.63, 3.8) is 0 Å². The Balaban J connectivity index is 5.06. The Kier molecular flexibility index (Phi) is 13.9. The molecule has 0 spiro atoms. The molecule has 1 atom stereocenters. The van der Waals surface area contributed by atoms with Gasteiger partial charge in [0.1, 0.15) is 6.04 Å². The molecule has 0 rings (SSSR count). The van der Waals surface area contributed by atoms with Gasteiger partial charge in [-0.05, 0) is 13.6 Å². The van der Waals surface area contributed by atoms with Gasteiger partial charge >= 0.3 is 20.1 Å². The molecule has 16 heteroatoms. The lowest BCUT2D eigenvalue weighted by Gasteiger charge is -2.29. The molecule has 0 heterocycles. The summed E-state index contributed by atoms with van der Waals surface area (Å²) in [6, 6.07) is -1.33. The van der Waals surface area contributed by atoms with E-state index in [0.717, 1.165) is 0 Å². The summed E-state index contributed by atoms with van der Waals surface area (Å²) in [5, 5.41) is 35.2. The van der Waals surface area contributed by atoms with Crippen molar-refractivity contribution in [1.29, 1.82) is 0 Å². The van der Waals surface area contributed by atoms with Crippen LogP contribution in [0.5, 0.6) is 0 Å². The number of aliphatic carboxylic acids is 1. The van der Waals surface area contributed by atoms with Gasteiger partial charge < -0.3 is 40.7 Å². The second-order valence-electron chi connectivity index (χ2n) is 6.56. The molecule has 0 saturated carbocycles. The van der Waals surface area contributed by atoms with Crippen molar-refractivity contribution in [3.8, 4) is 0 Å². The van der Waals surface area contributed by atoms with Crippen LogP contribution in [0, 0.1) is 0 Å². The van der Waals surface area contributed by atoms with Crippen LogP contribution in [0.1, 0.15) is 6.42 Å². The van der Waals surface area contributed by atoms with Gasteiger partial charge in [-0.3, -0.25) is 19.2 Å². The summed E-state index contributed by atoms with van der Waals surface area (Å²) in [4.78, 5) is 48.9. The van der Waals surface area contributed by atoms with Gasteiger partial charge in [-0.1, -0.05) is 0 Å². The van der Waals surface area contributed by atoms with E-state index in [1.165, 1.54) is 23.4 Å². The Labute approximate surface area is 179 Å². The number of nitrogens with zero attached hydrogens (tertiary/aromatic N) is 2. The Bertz CT molecular complexity index is 585. The average Bonchev–Trinajstić information content (AvgIpc) is 2.60. The quantitative estimate of drug-likeness (QED) is 0.147. The molecule has 0 saturated heterocycles. The monoisotopic (exact) mass is 421 g/mol. The van der Waals surface area contributed by atoms with Crippen LogP contribution in [0.4, 0.5) is 9.59 Å². The zero-order chi connectivity index (χ0) is 23.3. The maximum absolute atomic E-state index is 12.6. The molecule has 3 amide bonds. The van der Waals surface area contributed by atoms with Crippen molar-refractivity contribution in [2.24, 2.45) is 0 Å². The van der Waals surface area contributed by atoms with Gasteiger partial charge in [0.25, 0.3) is 0 Å². The number of amides is 3. The predicted octanol–water partition coefficient (Wildman–Crippen LogP) is -3.47. The van der Waals surface area contributed by atoms with E-state index in [2.05, 4.69) is 15.8 Å². The van der Waals surface area contributed by atoms with Crippen LogP contribution < -0.4 is 15.8 Å². The molecule has 0 bridgehead atoms. The highest BCUT2D eigenvalue weighted by Gasteiger charge is 2.26. The highest BCUT2D eigenvalue weighted by molar-refractivity contribution is 6.57. The van der Waals surface area contributed by atoms with Gasteiger partial charge in [-0.25, -0.2) is 0 Å². The number of carbonyl (C=O) groups is 4. The van der Waals surface area contributed by atoms with Crippen LogP contribution in [-0.2, 0) is 9.59 Å². The normalized spacial score (nSPS) is 11.3. The standard InChI is InChI=1S/C14H27B4N5O7/c1-17(29)20-4-6-23(14(16)28)8-7-22(5-3-19-13(15)27)11(24)9-10(12(25)26)21-18(2)30/h10,20-21,29-30H,3-9H2,1-2H3,(H,19,27)(H,25,26)/t10-/m0/s1. The largest absolute Gasteiger partial charge is 0.480 e. The number of nitrogens with one attached hydrogen (secondary N) is 3. The van der Waals surface area contributed by atoms with E-state index >= 15 is 0 Å². The summed E-state index contributed by atoms with van der Waals surface area (Å²) >= 11 is 0. The minimum Gasteiger partial charge on any atom is -0.480 e. The molecule has 162 valence electrons. The molecule has 0 aromatic heterocycles. The Morgan fingerprint density at radius 1 is 0.933 bits per heavy atom. The van der Waals surface area contributed by atoms with Crippen molar-refractivity contribution < 1.29 is 34.3 Å². The second-order valence-corrected chi connectivity index (χ2v) is 6.56. The van der Waals surface area contributed by atoms with E-state index in [4.69, 9.17) is 15.7 Å². The number of carboxylic acids is 1. The van der Waals surface area contributed by atoms with Crippen LogP contribution in [0.2, 0.25) is 13.6 Å². The van der Waals surface area contributed by atoms with Gasteiger partial charge in [0.05, 0.1) is 6.42 Å². The fourth-order valence-corrected chi connectivity index (χ4v) is 2.47. The summed E-state index contributed by atoms with van der Waals surface area (Å²) < 4.78 is 0. The maximum atomic E-state index is 12.6. The third-order valence-electron chi connectivity index (χ3n) is 3.93. The molecule has 0 fully saturated rings. The molecule has 0 unspecified atom stereocenters. The lowest BCUT2D eigenvalue weighted by molar-refractivity contribution is -0.143. The Morgan fingerprint density at radius 3 is 1.97 bits per heavy atom. The highest BCUT2D eigenvalue weighted by Crippen LogP contribution is 2.02. The zero-order valence-corrected chi connectivity index (χ0v) is 17.2. The van der Waals surface area contributed by atoms with Crippen molar-refractivity contribution in [1.82, 2.24) is 25.6 Å². The van der Waals surface area contributed by atoms with Crippen molar-refractivity contribution in [2.45, 2.75) is 26.1 Å². The number of hydrogen-bond acceptors (Lipinski definition) is 8. The Morgan fingerprint density at radius 2 is 1.50 bits per heavy atom. The highest BCUT2D eigenvalue weighted by atomic mass is 16.4. The predicted molar refractivity (Wildman–Crippen MR) is 113 cm³/mol. The third-order valence-corrected chi connectivity index (χ3v) is 3.93. The van der Waals surface area contributed by atoms with Crippen molar-refractivity contribution in [2.75, 3.05) is 39.3 Å². The van der Waals surface area contributed by atoms with E-state index in [0.29, 0.717) is 0 Å². The number of carbonyl (C=O) groups excluding carboxylic acids is 3. The number of hydrogen-bond donors (Lipinski definition) is 6. The van der Waals surface area contributed by atoms with Crippen LogP contribution in [-0.4, -0.2) is 124 Å². The molecule has 0 aliphatic rings. The summed E-state index contributed by atoms with van der Waals surface area (Å²) in [5.41, 5.74) is 0.